The van der Waals surface area contributed by atoms with Crippen molar-refractivity contribution in [2.24, 2.45) is 28.6 Å². The van der Waals surface area contributed by atoms with Gasteiger partial charge in [-0.1, -0.05) is 25.5 Å². The van der Waals surface area contributed by atoms with Crippen LogP contribution in [0, 0.1) is 28.6 Å². The van der Waals surface area contributed by atoms with E-state index in [0.29, 0.717) is 51.4 Å². The summed E-state index contributed by atoms with van der Waals surface area (Å²) in [5.74, 6) is -1.65. The number of methoxy groups -OCH3 is 2. The maximum Gasteiger partial charge on any atom is 0.303 e. The van der Waals surface area contributed by atoms with Gasteiger partial charge in [0.2, 0.25) is 0 Å². The standard InChI is InChI=1S/C37H58O12/c1-18(38)24-12-14-37(42)25-10-9-22-15-23(11-13-35(22,5)30(25)33(47-21(4)39)34(41)36(24,37)6)48-28-17-27(44-8)32(20(3)46-28)49-29-16-26(43-7)31(40)19(2)45-29/h9,19-20,23-34,40-42H,10-17H2,1-8H3/t19-,20-,23+,24-,25-,26-,27-,28+,29+,30-,31-,32-,33?,34-,35+,36+,37-/m1/s1. The number of hydrogen-bond acceptors (Lipinski definition) is 12. The molecule has 49 heavy (non-hydrogen) atoms. The van der Waals surface area contributed by atoms with Gasteiger partial charge in [-0.25, -0.2) is 0 Å². The first-order valence-electron chi connectivity index (χ1n) is 18.2. The smallest absolute Gasteiger partial charge is 0.303 e. The second kappa shape index (κ2) is 13.8. The monoisotopic (exact) mass is 694 g/mol. The lowest BCUT2D eigenvalue weighted by molar-refractivity contribution is -0.320. The molecule has 0 bridgehead atoms. The fourth-order valence-corrected chi connectivity index (χ4v) is 11.0. The van der Waals surface area contributed by atoms with Crippen LogP contribution < -0.4 is 0 Å². The average Bonchev–Trinajstić information content (AvgIpc) is 3.34. The lowest BCUT2D eigenvalue weighted by Crippen LogP contribution is -2.72. The van der Waals surface area contributed by atoms with Crippen molar-refractivity contribution < 1.29 is 58.1 Å². The Kier molecular flexibility index (Phi) is 10.5. The van der Waals surface area contributed by atoms with Crippen LogP contribution in [0.2, 0.25) is 0 Å². The van der Waals surface area contributed by atoms with E-state index in [9.17, 15) is 24.9 Å². The number of Topliss-reactive ketones (excluding diaryl/α,β-unsaturated/α-hetero) is 1. The number of ketones is 1. The number of rotatable bonds is 8. The first-order valence-corrected chi connectivity index (χ1v) is 18.2. The molecule has 2 aliphatic heterocycles. The van der Waals surface area contributed by atoms with E-state index in [0.717, 1.165) is 0 Å². The van der Waals surface area contributed by atoms with Gasteiger partial charge in [0.05, 0.1) is 36.1 Å². The van der Waals surface area contributed by atoms with E-state index in [2.05, 4.69) is 13.0 Å². The highest BCUT2D eigenvalue weighted by Gasteiger charge is 2.74. The molecule has 6 aliphatic rings. The van der Waals surface area contributed by atoms with Crippen LogP contribution in [-0.4, -0.2) is 114 Å². The van der Waals surface area contributed by atoms with Crippen molar-refractivity contribution in [1.82, 2.24) is 0 Å². The number of fused-ring (bicyclic) bond motifs is 5. The van der Waals surface area contributed by atoms with Crippen molar-refractivity contribution in [3.63, 3.8) is 0 Å². The number of hydrogen-bond donors (Lipinski definition) is 3. The normalized spacial score (nSPS) is 51.2. The van der Waals surface area contributed by atoms with Crippen molar-refractivity contribution in [2.45, 2.75) is 166 Å². The van der Waals surface area contributed by atoms with Crippen molar-refractivity contribution in [1.29, 1.82) is 0 Å². The molecule has 12 nitrogen and oxygen atoms in total. The second-order valence-electron chi connectivity index (χ2n) is 16.1. The zero-order chi connectivity index (χ0) is 35.6. The van der Waals surface area contributed by atoms with Gasteiger partial charge in [-0.2, -0.15) is 0 Å². The molecule has 3 N–H and O–H groups in total. The van der Waals surface area contributed by atoms with Gasteiger partial charge in [-0.05, 0) is 70.6 Å². The van der Waals surface area contributed by atoms with Crippen LogP contribution in [-0.2, 0) is 42.7 Å². The third-order valence-corrected chi connectivity index (χ3v) is 13.6. The molecule has 4 aliphatic carbocycles. The molecule has 278 valence electrons. The van der Waals surface area contributed by atoms with E-state index in [1.807, 2.05) is 13.8 Å². The van der Waals surface area contributed by atoms with Crippen LogP contribution in [0.1, 0.15) is 92.9 Å². The quantitative estimate of drug-likeness (QED) is 0.252. The van der Waals surface area contributed by atoms with Gasteiger partial charge in [0.25, 0.3) is 0 Å². The number of ether oxygens (including phenoxy) is 7. The lowest BCUT2D eigenvalue weighted by atomic mass is 9.44. The Morgan fingerprint density at radius 1 is 0.898 bits per heavy atom. The van der Waals surface area contributed by atoms with Crippen LogP contribution in [0.4, 0.5) is 0 Å². The molecule has 0 radical (unpaired) electrons. The van der Waals surface area contributed by atoms with Crippen molar-refractivity contribution >= 4 is 11.8 Å². The third-order valence-electron chi connectivity index (χ3n) is 13.6. The molecule has 3 saturated carbocycles. The molecule has 2 saturated heterocycles. The summed E-state index contributed by atoms with van der Waals surface area (Å²) in [6.07, 6.45) is 0.753. The second-order valence-corrected chi connectivity index (χ2v) is 16.1. The molecule has 0 spiro atoms. The molecule has 0 aromatic rings. The van der Waals surface area contributed by atoms with Gasteiger partial charge >= 0.3 is 5.97 Å². The van der Waals surface area contributed by atoms with Crippen LogP contribution in [0.25, 0.3) is 0 Å². The minimum atomic E-state index is -1.27. The largest absolute Gasteiger partial charge is 0.459 e. The lowest BCUT2D eigenvalue weighted by Gasteiger charge is -2.64. The summed E-state index contributed by atoms with van der Waals surface area (Å²) in [7, 11) is 3.22. The predicted molar refractivity (Wildman–Crippen MR) is 175 cm³/mol. The Morgan fingerprint density at radius 2 is 1.55 bits per heavy atom. The summed E-state index contributed by atoms with van der Waals surface area (Å²) < 4.78 is 42.6. The topological polar surface area (TPSA) is 159 Å². The first-order chi connectivity index (χ1) is 23.1. The Labute approximate surface area is 290 Å². The minimum Gasteiger partial charge on any atom is -0.459 e. The van der Waals surface area contributed by atoms with Crippen molar-refractivity contribution in [2.75, 3.05) is 14.2 Å². The van der Waals surface area contributed by atoms with Gasteiger partial charge in [-0.3, -0.25) is 9.59 Å². The van der Waals surface area contributed by atoms with Gasteiger partial charge in [0, 0.05) is 51.2 Å². The number of carbonyl (C=O) groups is 2. The van der Waals surface area contributed by atoms with Crippen molar-refractivity contribution in [3.8, 4) is 0 Å². The zero-order valence-corrected chi connectivity index (χ0v) is 30.3. The highest BCUT2D eigenvalue weighted by molar-refractivity contribution is 5.80. The van der Waals surface area contributed by atoms with Gasteiger partial charge < -0.3 is 48.5 Å². The van der Waals surface area contributed by atoms with Gasteiger partial charge in [0.15, 0.2) is 12.6 Å². The summed E-state index contributed by atoms with van der Waals surface area (Å²) in [5.41, 5.74) is -1.67. The number of carbonyl (C=O) groups excluding carboxylic acids is 2. The molecular formula is C37H58O12. The highest BCUT2D eigenvalue weighted by atomic mass is 16.7. The van der Waals surface area contributed by atoms with Crippen molar-refractivity contribution in [3.05, 3.63) is 11.6 Å². The van der Waals surface area contributed by atoms with Gasteiger partial charge in [0.1, 0.15) is 30.2 Å². The predicted octanol–water partition coefficient (Wildman–Crippen LogP) is 3.21. The zero-order valence-electron chi connectivity index (χ0n) is 30.3. The summed E-state index contributed by atoms with van der Waals surface area (Å²) >= 11 is 0. The number of allylic oxidation sites excluding steroid dienone is 1. The first kappa shape index (κ1) is 37.3. The number of aliphatic hydroxyl groups is 3. The highest BCUT2D eigenvalue weighted by Crippen LogP contribution is 2.68. The van der Waals surface area contributed by atoms with E-state index >= 15 is 0 Å². The summed E-state index contributed by atoms with van der Waals surface area (Å²) in [5, 5.41) is 34.8. The van der Waals surface area contributed by atoms with Crippen LogP contribution in [0.3, 0.4) is 0 Å². The van der Waals surface area contributed by atoms with Crippen LogP contribution >= 0.6 is 0 Å². The van der Waals surface area contributed by atoms with E-state index in [1.165, 1.54) is 19.4 Å². The van der Waals surface area contributed by atoms with Crippen LogP contribution in [0.5, 0.6) is 0 Å². The molecular weight excluding hydrogens is 636 g/mol. The number of esters is 1. The number of aliphatic hydroxyl groups excluding tert-OH is 2. The summed E-state index contributed by atoms with van der Waals surface area (Å²) in [6, 6.07) is 0. The molecule has 12 heteroatoms. The fraction of sp³-hybridized carbons (Fsp3) is 0.892. The SMILES string of the molecule is CO[C@@H]1C[C@H](O[C@@H]2[C@@H](C)O[C@@H](O[C@H]3CC[C@@]4(C)C(=CC[C@@H]5[C@@H]4C(OC(C)=O)[C@@H](O)[C@]4(C)[C@@H](C(C)=O)CC[C@@]54O)C3)C[C@H]2OC)O[C@H](C)[C@H]1O. The minimum absolute atomic E-state index is 0.0576. The fourth-order valence-electron chi connectivity index (χ4n) is 11.0. The Morgan fingerprint density at radius 3 is 2.20 bits per heavy atom. The molecule has 0 aromatic heterocycles. The summed E-state index contributed by atoms with van der Waals surface area (Å²) in [4.78, 5) is 25.3. The molecule has 17 atom stereocenters. The molecule has 0 amide bonds. The Bertz CT molecular complexity index is 1270. The van der Waals surface area contributed by atoms with Crippen LogP contribution in [0.15, 0.2) is 11.6 Å². The average molecular weight is 695 g/mol. The maximum atomic E-state index is 12.8. The molecule has 0 aromatic carbocycles. The Balaban J connectivity index is 1.16. The summed E-state index contributed by atoms with van der Waals surface area (Å²) in [6.45, 7) is 10.6. The molecule has 1 unspecified atom stereocenters. The molecule has 5 fully saturated rings. The molecule has 6 rings (SSSR count). The molecule has 2 heterocycles. The maximum absolute atomic E-state index is 12.8. The van der Waals surface area contributed by atoms with E-state index in [-0.39, 0.29) is 35.9 Å². The van der Waals surface area contributed by atoms with E-state index in [1.54, 1.807) is 21.1 Å². The third kappa shape index (κ3) is 6.14. The van der Waals surface area contributed by atoms with E-state index < -0.39 is 77.5 Å². The van der Waals surface area contributed by atoms with Gasteiger partial charge in [-0.15, -0.1) is 0 Å². The Hall–Kier alpha value is -1.48. The van der Waals surface area contributed by atoms with E-state index in [4.69, 9.17) is 33.2 Å².